The number of rotatable bonds is 3. The zero-order chi connectivity index (χ0) is 16.6. The van der Waals surface area contributed by atoms with Gasteiger partial charge >= 0.3 is 0 Å². The number of hydrogen-bond donors (Lipinski definition) is 0. The molecule has 3 rings (SSSR count). The Morgan fingerprint density at radius 3 is 2.30 bits per heavy atom. The summed E-state index contributed by atoms with van der Waals surface area (Å²) in [4.78, 5) is 13.0. The molecule has 0 N–H and O–H groups in total. The molecule has 0 amide bonds. The molecule has 0 bridgehead atoms. The summed E-state index contributed by atoms with van der Waals surface area (Å²) in [6.07, 6.45) is 2.20. The third-order valence-electron chi connectivity index (χ3n) is 4.56. The quantitative estimate of drug-likeness (QED) is 0.638. The zero-order valence-corrected chi connectivity index (χ0v) is 14.3. The fourth-order valence-corrected chi connectivity index (χ4v) is 3.48. The standard InChI is InChI=1S/C21H19ClO/c1-13-11-14(2)20(15(13)3)18-10-9-17(22)12-19(18)21(23)16-7-5-4-6-8-16/h4-12,20H,1-3H3. The fraction of sp³-hybridized carbons (Fsp3) is 0.190. The molecule has 1 aliphatic rings. The van der Waals surface area contributed by atoms with Crippen molar-refractivity contribution in [3.8, 4) is 0 Å². The predicted molar refractivity (Wildman–Crippen MR) is 96.2 cm³/mol. The first kappa shape index (κ1) is 15.8. The van der Waals surface area contributed by atoms with Crippen LogP contribution in [0.3, 0.4) is 0 Å². The fourth-order valence-electron chi connectivity index (χ4n) is 3.31. The van der Waals surface area contributed by atoms with E-state index in [2.05, 4.69) is 26.8 Å². The van der Waals surface area contributed by atoms with Crippen molar-refractivity contribution in [3.05, 3.63) is 93.0 Å². The summed E-state index contributed by atoms with van der Waals surface area (Å²) in [7, 11) is 0. The first-order chi connectivity index (χ1) is 11.0. The van der Waals surface area contributed by atoms with Crippen molar-refractivity contribution in [3.63, 3.8) is 0 Å². The molecule has 23 heavy (non-hydrogen) atoms. The maximum atomic E-state index is 13.0. The second-order valence-corrected chi connectivity index (χ2v) is 6.55. The highest BCUT2D eigenvalue weighted by Crippen LogP contribution is 2.41. The molecule has 0 saturated heterocycles. The Labute approximate surface area is 142 Å². The first-order valence-electron chi connectivity index (χ1n) is 7.74. The summed E-state index contributed by atoms with van der Waals surface area (Å²) in [5, 5.41) is 0.589. The molecule has 2 aromatic rings. The molecule has 1 unspecified atom stereocenters. The molecule has 1 aliphatic carbocycles. The lowest BCUT2D eigenvalue weighted by Gasteiger charge is -2.19. The van der Waals surface area contributed by atoms with Crippen molar-refractivity contribution in [2.24, 2.45) is 0 Å². The molecule has 0 aromatic heterocycles. The number of allylic oxidation sites excluding steroid dienone is 4. The molecule has 1 atom stereocenters. The zero-order valence-electron chi connectivity index (χ0n) is 13.6. The van der Waals surface area contributed by atoms with Crippen LogP contribution in [-0.2, 0) is 0 Å². The van der Waals surface area contributed by atoms with Crippen LogP contribution in [0.25, 0.3) is 0 Å². The van der Waals surface area contributed by atoms with Gasteiger partial charge in [0.25, 0.3) is 0 Å². The Kier molecular flexibility index (Phi) is 4.23. The lowest BCUT2D eigenvalue weighted by Crippen LogP contribution is -2.10. The molecular formula is C21H19ClO. The van der Waals surface area contributed by atoms with Crippen molar-refractivity contribution in [1.82, 2.24) is 0 Å². The number of carbonyl (C=O) groups excluding carboxylic acids is 1. The van der Waals surface area contributed by atoms with Gasteiger partial charge in [0.1, 0.15) is 0 Å². The SMILES string of the molecule is CC1=CC(C)=C(C)C1c1ccc(Cl)cc1C(=O)c1ccccc1. The molecule has 0 aliphatic heterocycles. The van der Waals surface area contributed by atoms with Gasteiger partial charge < -0.3 is 0 Å². The number of hydrogen-bond acceptors (Lipinski definition) is 1. The number of carbonyl (C=O) groups is 1. The van der Waals surface area contributed by atoms with Gasteiger partial charge in [-0.3, -0.25) is 4.79 Å². The molecule has 2 heteroatoms. The number of halogens is 1. The molecule has 0 fully saturated rings. The van der Waals surface area contributed by atoms with E-state index < -0.39 is 0 Å². The van der Waals surface area contributed by atoms with Crippen molar-refractivity contribution in [2.75, 3.05) is 0 Å². The third-order valence-corrected chi connectivity index (χ3v) is 4.80. The summed E-state index contributed by atoms with van der Waals surface area (Å²) in [6.45, 7) is 6.38. The second kappa shape index (κ2) is 6.17. The second-order valence-electron chi connectivity index (χ2n) is 6.11. The maximum Gasteiger partial charge on any atom is 0.193 e. The van der Waals surface area contributed by atoms with Gasteiger partial charge in [-0.25, -0.2) is 0 Å². The van der Waals surface area contributed by atoms with Gasteiger partial charge in [-0.1, -0.05) is 70.8 Å². The van der Waals surface area contributed by atoms with Crippen LogP contribution in [0.2, 0.25) is 5.02 Å². The maximum absolute atomic E-state index is 13.0. The van der Waals surface area contributed by atoms with Gasteiger partial charge in [0.05, 0.1) is 0 Å². The Morgan fingerprint density at radius 2 is 1.70 bits per heavy atom. The summed E-state index contributed by atoms with van der Waals surface area (Å²) < 4.78 is 0. The van der Waals surface area contributed by atoms with Crippen LogP contribution in [0.1, 0.15) is 48.2 Å². The van der Waals surface area contributed by atoms with Gasteiger partial charge in [-0.15, -0.1) is 0 Å². The van der Waals surface area contributed by atoms with Crippen LogP contribution in [0, 0.1) is 0 Å². The molecule has 0 radical (unpaired) electrons. The number of benzene rings is 2. The average Bonchev–Trinajstić information content (AvgIpc) is 2.80. The minimum atomic E-state index is 0.0215. The third kappa shape index (κ3) is 2.89. The van der Waals surface area contributed by atoms with E-state index in [1.807, 2.05) is 42.5 Å². The van der Waals surface area contributed by atoms with E-state index in [1.165, 1.54) is 16.7 Å². The Morgan fingerprint density at radius 1 is 1.00 bits per heavy atom. The highest BCUT2D eigenvalue weighted by Gasteiger charge is 2.26. The van der Waals surface area contributed by atoms with Crippen LogP contribution in [0.5, 0.6) is 0 Å². The van der Waals surface area contributed by atoms with E-state index in [1.54, 1.807) is 6.07 Å². The smallest absolute Gasteiger partial charge is 0.193 e. The van der Waals surface area contributed by atoms with Gasteiger partial charge in [0, 0.05) is 22.1 Å². The van der Waals surface area contributed by atoms with E-state index in [-0.39, 0.29) is 11.7 Å². The van der Waals surface area contributed by atoms with Crippen LogP contribution in [-0.4, -0.2) is 5.78 Å². The lowest BCUT2D eigenvalue weighted by molar-refractivity contribution is 0.103. The molecule has 0 spiro atoms. The van der Waals surface area contributed by atoms with Gasteiger partial charge in [0.15, 0.2) is 5.78 Å². The molecule has 2 aromatic carbocycles. The molecule has 116 valence electrons. The Hall–Kier alpha value is -2.12. The van der Waals surface area contributed by atoms with Crippen LogP contribution >= 0.6 is 11.6 Å². The highest BCUT2D eigenvalue weighted by molar-refractivity contribution is 6.31. The van der Waals surface area contributed by atoms with Gasteiger partial charge in [-0.05, 0) is 38.5 Å². The van der Waals surface area contributed by atoms with Crippen LogP contribution in [0.15, 0.2) is 71.3 Å². The average molecular weight is 323 g/mol. The summed E-state index contributed by atoms with van der Waals surface area (Å²) in [6, 6.07) is 15.0. The monoisotopic (exact) mass is 322 g/mol. The topological polar surface area (TPSA) is 17.1 Å². The predicted octanol–water partition coefficient (Wildman–Crippen LogP) is 5.95. The van der Waals surface area contributed by atoms with E-state index in [0.717, 1.165) is 5.56 Å². The van der Waals surface area contributed by atoms with Crippen molar-refractivity contribution < 1.29 is 4.79 Å². The van der Waals surface area contributed by atoms with Crippen LogP contribution in [0.4, 0.5) is 0 Å². The molecule has 0 heterocycles. The minimum Gasteiger partial charge on any atom is -0.289 e. The van der Waals surface area contributed by atoms with Gasteiger partial charge in [-0.2, -0.15) is 0 Å². The summed E-state index contributed by atoms with van der Waals surface area (Å²) >= 11 is 6.18. The van der Waals surface area contributed by atoms with Gasteiger partial charge in [0.2, 0.25) is 0 Å². The lowest BCUT2D eigenvalue weighted by atomic mass is 9.84. The summed E-state index contributed by atoms with van der Waals surface area (Å²) in [5.41, 5.74) is 6.26. The summed E-state index contributed by atoms with van der Waals surface area (Å²) in [5.74, 6) is 0.184. The number of ketones is 1. The van der Waals surface area contributed by atoms with Crippen LogP contribution < -0.4 is 0 Å². The van der Waals surface area contributed by atoms with Crippen molar-refractivity contribution in [2.45, 2.75) is 26.7 Å². The Balaban J connectivity index is 2.14. The van der Waals surface area contributed by atoms with E-state index in [4.69, 9.17) is 11.6 Å². The highest BCUT2D eigenvalue weighted by atomic mass is 35.5. The van der Waals surface area contributed by atoms with E-state index >= 15 is 0 Å². The Bertz CT molecular complexity index is 828. The van der Waals surface area contributed by atoms with E-state index in [9.17, 15) is 4.79 Å². The first-order valence-corrected chi connectivity index (χ1v) is 8.11. The van der Waals surface area contributed by atoms with Crippen molar-refractivity contribution >= 4 is 17.4 Å². The molecule has 0 saturated carbocycles. The largest absolute Gasteiger partial charge is 0.289 e. The van der Waals surface area contributed by atoms with E-state index in [0.29, 0.717) is 16.1 Å². The van der Waals surface area contributed by atoms with Crippen molar-refractivity contribution in [1.29, 1.82) is 0 Å². The normalized spacial score (nSPS) is 17.4. The molecular weight excluding hydrogens is 304 g/mol. The molecule has 1 nitrogen and oxygen atoms in total. The minimum absolute atomic E-state index is 0.0215.